The van der Waals surface area contributed by atoms with Crippen molar-refractivity contribution in [3.63, 3.8) is 0 Å². The largest absolute Gasteiger partial charge is 0.494 e. The standard InChI is InChI=1S/C19H18FNO3/c1-11(2)24-14-6-4-12(5-7-14)17-8-13-9-18(23-3)16(20)10-15(13)19(22)21-17/h4-11H,1-3H3,(H,21,22). The molecule has 2 aromatic carbocycles. The number of nitrogens with one attached hydrogen (secondary N) is 1. The van der Waals surface area contributed by atoms with Crippen LogP contribution in [0.4, 0.5) is 4.39 Å². The molecule has 0 spiro atoms. The predicted octanol–water partition coefficient (Wildman–Crippen LogP) is 4.13. The van der Waals surface area contributed by atoms with E-state index in [0.29, 0.717) is 11.1 Å². The third-order valence-corrected chi connectivity index (χ3v) is 3.65. The maximum absolute atomic E-state index is 13.8. The second-order valence-electron chi connectivity index (χ2n) is 5.78. The molecule has 0 aliphatic carbocycles. The number of hydrogen-bond acceptors (Lipinski definition) is 3. The van der Waals surface area contributed by atoms with Gasteiger partial charge in [0.2, 0.25) is 0 Å². The van der Waals surface area contributed by atoms with E-state index in [1.165, 1.54) is 19.2 Å². The first-order valence-electron chi connectivity index (χ1n) is 7.65. The SMILES string of the molecule is COc1cc2cc(-c3ccc(OC(C)C)cc3)[nH]c(=O)c2cc1F. The molecule has 3 aromatic rings. The molecule has 0 aliphatic heterocycles. The maximum Gasteiger partial charge on any atom is 0.256 e. The van der Waals surface area contributed by atoms with E-state index in [1.807, 2.05) is 38.1 Å². The van der Waals surface area contributed by atoms with Crippen LogP contribution in [0.1, 0.15) is 13.8 Å². The lowest BCUT2D eigenvalue weighted by molar-refractivity contribution is 0.242. The molecule has 0 saturated carbocycles. The minimum atomic E-state index is -0.557. The van der Waals surface area contributed by atoms with Crippen LogP contribution in [-0.4, -0.2) is 18.2 Å². The van der Waals surface area contributed by atoms with Crippen LogP contribution in [0.15, 0.2) is 47.3 Å². The van der Waals surface area contributed by atoms with Gasteiger partial charge in [0.25, 0.3) is 5.56 Å². The zero-order chi connectivity index (χ0) is 17.3. The van der Waals surface area contributed by atoms with E-state index < -0.39 is 5.82 Å². The van der Waals surface area contributed by atoms with Gasteiger partial charge in [0, 0.05) is 5.69 Å². The molecule has 0 saturated heterocycles. The van der Waals surface area contributed by atoms with Crippen molar-refractivity contribution in [2.24, 2.45) is 0 Å². The van der Waals surface area contributed by atoms with Gasteiger partial charge in [-0.2, -0.15) is 0 Å². The Hall–Kier alpha value is -2.82. The van der Waals surface area contributed by atoms with E-state index in [-0.39, 0.29) is 22.8 Å². The number of halogens is 1. The molecule has 0 bridgehead atoms. The number of ether oxygens (including phenoxy) is 2. The van der Waals surface area contributed by atoms with Gasteiger partial charge in [0.1, 0.15) is 5.75 Å². The van der Waals surface area contributed by atoms with Crippen molar-refractivity contribution in [2.75, 3.05) is 7.11 Å². The Labute approximate surface area is 138 Å². The Kier molecular flexibility index (Phi) is 4.25. The molecule has 124 valence electrons. The number of H-pyrrole nitrogens is 1. The third-order valence-electron chi connectivity index (χ3n) is 3.65. The van der Waals surface area contributed by atoms with Crippen LogP contribution >= 0.6 is 0 Å². The van der Waals surface area contributed by atoms with Crippen molar-refractivity contribution in [3.05, 3.63) is 58.6 Å². The summed E-state index contributed by atoms with van der Waals surface area (Å²) in [5.74, 6) is 0.318. The fourth-order valence-corrected chi connectivity index (χ4v) is 2.56. The lowest BCUT2D eigenvalue weighted by atomic mass is 10.1. The van der Waals surface area contributed by atoms with Gasteiger partial charge in [-0.3, -0.25) is 4.79 Å². The summed E-state index contributed by atoms with van der Waals surface area (Å²) in [6.45, 7) is 3.92. The Morgan fingerprint density at radius 3 is 2.42 bits per heavy atom. The van der Waals surface area contributed by atoms with E-state index in [0.717, 1.165) is 11.3 Å². The molecule has 0 fully saturated rings. The Morgan fingerprint density at radius 1 is 1.08 bits per heavy atom. The molecule has 1 aromatic heterocycles. The molecule has 24 heavy (non-hydrogen) atoms. The minimum Gasteiger partial charge on any atom is -0.494 e. The predicted molar refractivity (Wildman–Crippen MR) is 92.3 cm³/mol. The Bertz CT molecular complexity index is 930. The minimum absolute atomic E-state index is 0.0960. The van der Waals surface area contributed by atoms with Crippen molar-refractivity contribution in [3.8, 4) is 22.8 Å². The van der Waals surface area contributed by atoms with Crippen LogP contribution < -0.4 is 15.0 Å². The third kappa shape index (κ3) is 3.11. The second-order valence-corrected chi connectivity index (χ2v) is 5.78. The molecule has 0 atom stereocenters. The van der Waals surface area contributed by atoms with E-state index in [2.05, 4.69) is 4.98 Å². The molecule has 0 unspecified atom stereocenters. The van der Waals surface area contributed by atoms with E-state index >= 15 is 0 Å². The average molecular weight is 327 g/mol. The monoisotopic (exact) mass is 327 g/mol. The first-order valence-corrected chi connectivity index (χ1v) is 7.65. The molecule has 1 N–H and O–H groups in total. The van der Waals surface area contributed by atoms with Crippen molar-refractivity contribution in [1.82, 2.24) is 4.98 Å². The number of benzene rings is 2. The van der Waals surface area contributed by atoms with Crippen LogP contribution in [0.5, 0.6) is 11.5 Å². The van der Waals surface area contributed by atoms with Gasteiger partial charge in [0.15, 0.2) is 11.6 Å². The Morgan fingerprint density at radius 2 is 1.79 bits per heavy atom. The van der Waals surface area contributed by atoms with Crippen molar-refractivity contribution in [2.45, 2.75) is 20.0 Å². The highest BCUT2D eigenvalue weighted by Gasteiger charge is 2.10. The fourth-order valence-electron chi connectivity index (χ4n) is 2.56. The van der Waals surface area contributed by atoms with Crippen LogP contribution in [-0.2, 0) is 0 Å². The molecule has 0 radical (unpaired) electrons. The molecule has 0 aliphatic rings. The Balaban J connectivity index is 2.06. The van der Waals surface area contributed by atoms with Crippen LogP contribution in [0, 0.1) is 5.82 Å². The topological polar surface area (TPSA) is 51.3 Å². The number of aromatic nitrogens is 1. The number of methoxy groups -OCH3 is 1. The lowest BCUT2D eigenvalue weighted by Crippen LogP contribution is -2.08. The highest BCUT2D eigenvalue weighted by atomic mass is 19.1. The number of hydrogen-bond donors (Lipinski definition) is 1. The van der Waals surface area contributed by atoms with Crippen LogP contribution in [0.25, 0.3) is 22.0 Å². The van der Waals surface area contributed by atoms with Gasteiger partial charge in [-0.15, -0.1) is 0 Å². The molecule has 5 heteroatoms. The number of rotatable bonds is 4. The summed E-state index contributed by atoms with van der Waals surface area (Å²) in [5, 5.41) is 0.909. The number of fused-ring (bicyclic) bond motifs is 1. The summed E-state index contributed by atoms with van der Waals surface area (Å²) < 4.78 is 24.4. The van der Waals surface area contributed by atoms with Gasteiger partial charge in [0.05, 0.1) is 18.6 Å². The van der Waals surface area contributed by atoms with E-state index in [1.54, 1.807) is 6.07 Å². The van der Waals surface area contributed by atoms with Gasteiger partial charge in [-0.25, -0.2) is 4.39 Å². The van der Waals surface area contributed by atoms with Gasteiger partial charge in [-0.05, 0) is 67.3 Å². The van der Waals surface area contributed by atoms with Crippen molar-refractivity contribution < 1.29 is 13.9 Å². The summed E-state index contributed by atoms with van der Waals surface area (Å²) in [7, 11) is 1.39. The van der Waals surface area contributed by atoms with Gasteiger partial charge < -0.3 is 14.5 Å². The van der Waals surface area contributed by atoms with Gasteiger partial charge in [-0.1, -0.05) is 0 Å². The van der Waals surface area contributed by atoms with Crippen molar-refractivity contribution in [1.29, 1.82) is 0 Å². The molecular weight excluding hydrogens is 309 g/mol. The quantitative estimate of drug-likeness (QED) is 0.784. The molecule has 3 rings (SSSR count). The maximum atomic E-state index is 13.8. The summed E-state index contributed by atoms with van der Waals surface area (Å²) in [6, 6.07) is 12.0. The van der Waals surface area contributed by atoms with Gasteiger partial charge >= 0.3 is 0 Å². The normalized spacial score (nSPS) is 11.0. The van der Waals surface area contributed by atoms with E-state index in [4.69, 9.17) is 9.47 Å². The zero-order valence-electron chi connectivity index (χ0n) is 13.7. The fraction of sp³-hybridized carbons (Fsp3) is 0.211. The lowest BCUT2D eigenvalue weighted by Gasteiger charge is -2.10. The highest BCUT2D eigenvalue weighted by molar-refractivity contribution is 5.86. The average Bonchev–Trinajstić information content (AvgIpc) is 2.55. The van der Waals surface area contributed by atoms with Crippen molar-refractivity contribution >= 4 is 10.8 Å². The smallest absolute Gasteiger partial charge is 0.256 e. The summed E-state index contributed by atoms with van der Waals surface area (Å²) in [6.07, 6.45) is 0.0960. The van der Waals surface area contributed by atoms with Crippen LogP contribution in [0.3, 0.4) is 0 Å². The zero-order valence-corrected chi connectivity index (χ0v) is 13.7. The number of aromatic amines is 1. The summed E-state index contributed by atoms with van der Waals surface area (Å²) >= 11 is 0. The summed E-state index contributed by atoms with van der Waals surface area (Å²) in [4.78, 5) is 15.0. The highest BCUT2D eigenvalue weighted by Crippen LogP contribution is 2.26. The number of pyridine rings is 1. The molecule has 0 amide bonds. The van der Waals surface area contributed by atoms with Crippen LogP contribution in [0.2, 0.25) is 0 Å². The molecule has 1 heterocycles. The second kappa shape index (κ2) is 6.35. The van der Waals surface area contributed by atoms with E-state index in [9.17, 15) is 9.18 Å². The first-order chi connectivity index (χ1) is 11.5. The molecular formula is C19H18FNO3. The molecule has 4 nitrogen and oxygen atoms in total. The first kappa shape index (κ1) is 16.1. The summed E-state index contributed by atoms with van der Waals surface area (Å²) in [5.41, 5.74) is 1.15.